The number of hydrogen-bond acceptors (Lipinski definition) is 5. The van der Waals surface area contributed by atoms with Crippen molar-refractivity contribution in [2.75, 3.05) is 0 Å². The molecule has 0 saturated heterocycles. The van der Waals surface area contributed by atoms with E-state index in [9.17, 15) is 0 Å². The highest BCUT2D eigenvalue weighted by atomic mass is 16.5. The number of H-pyrrole nitrogens is 1. The number of aryl methyl sites for hydroxylation is 2. The van der Waals surface area contributed by atoms with E-state index in [0.29, 0.717) is 12.4 Å². The molecule has 0 radical (unpaired) electrons. The molecule has 4 aromatic rings. The van der Waals surface area contributed by atoms with E-state index < -0.39 is 0 Å². The van der Waals surface area contributed by atoms with Crippen LogP contribution in [0.2, 0.25) is 0 Å². The fourth-order valence-electron chi connectivity index (χ4n) is 4.18. The Hall–Kier alpha value is -3.54. The van der Waals surface area contributed by atoms with Crippen molar-refractivity contribution in [3.05, 3.63) is 77.1 Å². The number of aromatic amines is 1. The number of tetrazole rings is 1. The van der Waals surface area contributed by atoms with E-state index in [1.54, 1.807) is 0 Å². The zero-order valence-corrected chi connectivity index (χ0v) is 17.6. The van der Waals surface area contributed by atoms with Crippen LogP contribution in [0, 0.1) is 0 Å². The minimum Gasteiger partial charge on any atom is -0.488 e. The highest BCUT2D eigenvalue weighted by molar-refractivity contribution is 5.80. The van der Waals surface area contributed by atoms with Gasteiger partial charge in [-0.25, -0.2) is 0 Å². The maximum atomic E-state index is 6.29. The van der Waals surface area contributed by atoms with E-state index in [1.165, 1.54) is 24.1 Å². The zero-order valence-electron chi connectivity index (χ0n) is 17.6. The normalized spacial score (nSPS) is 13.1. The molecule has 0 saturated carbocycles. The van der Waals surface area contributed by atoms with Crippen molar-refractivity contribution >= 4 is 0 Å². The van der Waals surface area contributed by atoms with E-state index in [0.717, 1.165) is 53.0 Å². The Labute approximate surface area is 181 Å². The Bertz CT molecular complexity index is 1170. The minimum absolute atomic E-state index is 0.548. The van der Waals surface area contributed by atoms with Crippen molar-refractivity contribution in [2.45, 2.75) is 45.6 Å². The van der Waals surface area contributed by atoms with E-state index in [2.05, 4.69) is 63.9 Å². The number of benzene rings is 2. The summed E-state index contributed by atoms with van der Waals surface area (Å²) >= 11 is 0. The van der Waals surface area contributed by atoms with Crippen LogP contribution >= 0.6 is 0 Å². The smallest absolute Gasteiger partial charge is 0.205 e. The summed E-state index contributed by atoms with van der Waals surface area (Å²) in [5.41, 5.74) is 7.93. The number of ether oxygens (including phenoxy) is 1. The molecular formula is C25H25N5O. The Morgan fingerprint density at radius 2 is 1.77 bits per heavy atom. The Morgan fingerprint density at radius 1 is 0.968 bits per heavy atom. The molecule has 0 atom stereocenters. The Kier molecular flexibility index (Phi) is 5.44. The van der Waals surface area contributed by atoms with Crippen LogP contribution in [-0.4, -0.2) is 25.6 Å². The van der Waals surface area contributed by atoms with E-state index in [4.69, 9.17) is 9.72 Å². The van der Waals surface area contributed by atoms with Gasteiger partial charge in [-0.3, -0.25) is 4.98 Å². The average molecular weight is 412 g/mol. The third-order valence-corrected chi connectivity index (χ3v) is 5.85. The molecule has 1 aliphatic carbocycles. The highest BCUT2D eigenvalue weighted by Crippen LogP contribution is 2.32. The number of aromatic nitrogens is 5. The SMILES string of the molecule is CCc1cc(OCc2ccc(-c3ccccc3-c3nn[nH]n3)cc2)c2c(n1)CCCC2. The molecule has 0 unspecified atom stereocenters. The summed E-state index contributed by atoms with van der Waals surface area (Å²) < 4.78 is 6.29. The molecule has 2 aromatic heterocycles. The van der Waals surface area contributed by atoms with E-state index in [-0.39, 0.29) is 0 Å². The molecular weight excluding hydrogens is 386 g/mol. The predicted molar refractivity (Wildman–Crippen MR) is 120 cm³/mol. The molecule has 2 heterocycles. The third kappa shape index (κ3) is 4.06. The molecule has 156 valence electrons. The van der Waals surface area contributed by atoms with Gasteiger partial charge < -0.3 is 4.74 Å². The van der Waals surface area contributed by atoms with Crippen molar-refractivity contribution in [3.63, 3.8) is 0 Å². The first-order chi connectivity index (χ1) is 15.3. The summed E-state index contributed by atoms with van der Waals surface area (Å²) in [6, 6.07) is 18.7. The van der Waals surface area contributed by atoms with Crippen LogP contribution in [0.25, 0.3) is 22.5 Å². The number of fused-ring (bicyclic) bond motifs is 1. The first kappa shape index (κ1) is 19.4. The molecule has 31 heavy (non-hydrogen) atoms. The summed E-state index contributed by atoms with van der Waals surface area (Å²) in [6.45, 7) is 2.69. The maximum Gasteiger partial charge on any atom is 0.205 e. The van der Waals surface area contributed by atoms with Crippen molar-refractivity contribution in [3.8, 4) is 28.3 Å². The third-order valence-electron chi connectivity index (χ3n) is 5.85. The van der Waals surface area contributed by atoms with Gasteiger partial charge in [0.2, 0.25) is 5.82 Å². The second kappa shape index (κ2) is 8.68. The largest absolute Gasteiger partial charge is 0.488 e. The summed E-state index contributed by atoms with van der Waals surface area (Å²) in [6.07, 6.45) is 5.49. The van der Waals surface area contributed by atoms with Gasteiger partial charge in [-0.1, -0.05) is 55.5 Å². The summed E-state index contributed by atoms with van der Waals surface area (Å²) in [5, 5.41) is 14.5. The van der Waals surface area contributed by atoms with Gasteiger partial charge in [-0.05, 0) is 54.0 Å². The zero-order chi connectivity index (χ0) is 21.0. The monoisotopic (exact) mass is 411 g/mol. The Morgan fingerprint density at radius 3 is 2.55 bits per heavy atom. The number of nitrogens with zero attached hydrogens (tertiary/aromatic N) is 4. The maximum absolute atomic E-state index is 6.29. The summed E-state index contributed by atoms with van der Waals surface area (Å²) in [7, 11) is 0. The average Bonchev–Trinajstić information content (AvgIpc) is 3.37. The van der Waals surface area contributed by atoms with Crippen molar-refractivity contribution in [1.82, 2.24) is 25.6 Å². The first-order valence-electron chi connectivity index (χ1n) is 10.9. The second-order valence-electron chi connectivity index (χ2n) is 7.86. The van der Waals surface area contributed by atoms with Gasteiger partial charge in [-0.15, -0.1) is 10.2 Å². The number of nitrogens with one attached hydrogen (secondary N) is 1. The molecule has 6 heteroatoms. The second-order valence-corrected chi connectivity index (χ2v) is 7.86. The van der Waals surface area contributed by atoms with Gasteiger partial charge in [-0.2, -0.15) is 5.21 Å². The molecule has 0 aliphatic heterocycles. The van der Waals surface area contributed by atoms with Gasteiger partial charge in [0.25, 0.3) is 0 Å². The van der Waals surface area contributed by atoms with Crippen molar-refractivity contribution < 1.29 is 4.74 Å². The molecule has 0 bridgehead atoms. The van der Waals surface area contributed by atoms with Gasteiger partial charge in [0, 0.05) is 28.6 Å². The number of rotatable bonds is 6. The van der Waals surface area contributed by atoms with Gasteiger partial charge in [0.1, 0.15) is 12.4 Å². The molecule has 1 aliphatic rings. The lowest BCUT2D eigenvalue weighted by molar-refractivity contribution is 0.300. The molecule has 1 N–H and O–H groups in total. The van der Waals surface area contributed by atoms with Crippen LogP contribution in [0.5, 0.6) is 5.75 Å². The van der Waals surface area contributed by atoms with Crippen LogP contribution < -0.4 is 4.74 Å². The fourth-order valence-corrected chi connectivity index (χ4v) is 4.18. The molecule has 5 rings (SSSR count). The lowest BCUT2D eigenvalue weighted by atomic mass is 9.94. The van der Waals surface area contributed by atoms with Crippen molar-refractivity contribution in [1.29, 1.82) is 0 Å². The summed E-state index contributed by atoms with van der Waals surface area (Å²) in [5.74, 6) is 1.60. The highest BCUT2D eigenvalue weighted by Gasteiger charge is 2.17. The van der Waals surface area contributed by atoms with Crippen molar-refractivity contribution in [2.24, 2.45) is 0 Å². The van der Waals surface area contributed by atoms with Gasteiger partial charge >= 0.3 is 0 Å². The standard InChI is InChI=1S/C25H25N5O/c1-2-19-15-24(22-9-5-6-10-23(22)26-19)31-16-17-11-13-18(14-12-17)20-7-3-4-8-21(20)25-27-29-30-28-25/h3-4,7-8,11-15H,2,5-6,9-10,16H2,1H3,(H,27,28,29,30). The molecule has 6 nitrogen and oxygen atoms in total. The Balaban J connectivity index is 1.36. The number of hydrogen-bond donors (Lipinski definition) is 1. The van der Waals surface area contributed by atoms with Gasteiger partial charge in [0.15, 0.2) is 0 Å². The minimum atomic E-state index is 0.548. The molecule has 0 spiro atoms. The topological polar surface area (TPSA) is 76.6 Å². The van der Waals surface area contributed by atoms with Crippen LogP contribution in [0.1, 0.15) is 42.3 Å². The number of pyridine rings is 1. The van der Waals surface area contributed by atoms with Crippen LogP contribution in [0.4, 0.5) is 0 Å². The quantitative estimate of drug-likeness (QED) is 0.486. The lowest BCUT2D eigenvalue weighted by Gasteiger charge is -2.20. The van der Waals surface area contributed by atoms with Crippen LogP contribution in [0.15, 0.2) is 54.6 Å². The van der Waals surface area contributed by atoms with E-state index in [1.807, 2.05) is 18.2 Å². The van der Waals surface area contributed by atoms with Gasteiger partial charge in [0.05, 0.1) is 0 Å². The van der Waals surface area contributed by atoms with Crippen LogP contribution in [-0.2, 0) is 25.9 Å². The first-order valence-corrected chi connectivity index (χ1v) is 10.9. The summed E-state index contributed by atoms with van der Waals surface area (Å²) in [4.78, 5) is 4.83. The van der Waals surface area contributed by atoms with E-state index >= 15 is 0 Å². The molecule has 0 fully saturated rings. The van der Waals surface area contributed by atoms with Crippen LogP contribution in [0.3, 0.4) is 0 Å². The lowest BCUT2D eigenvalue weighted by Crippen LogP contribution is -2.10. The fraction of sp³-hybridized carbons (Fsp3) is 0.280. The predicted octanol–water partition coefficient (Wildman–Crippen LogP) is 4.95. The molecule has 2 aromatic carbocycles. The molecule has 0 amide bonds.